The Kier molecular flexibility index (Phi) is 12.7. The summed E-state index contributed by atoms with van der Waals surface area (Å²) in [7, 11) is -3.43. The van der Waals surface area contributed by atoms with Gasteiger partial charge in [-0.15, -0.1) is 0 Å². The second-order valence-corrected chi connectivity index (χ2v) is 32.5. The smallest absolute Gasteiger partial charge is 0.131 e. The Hall–Kier alpha value is -8.57. The molecule has 12 aromatic carbocycles. The van der Waals surface area contributed by atoms with Crippen LogP contribution in [0.15, 0.2) is 231 Å². The quantitative estimate of drug-likeness (QED) is 0.0683. The van der Waals surface area contributed by atoms with E-state index in [1.807, 2.05) is 60.7 Å². The lowest BCUT2D eigenvalue weighted by Gasteiger charge is -2.31. The molecule has 0 amide bonds. The number of rotatable bonds is 12. The molecule has 12 rings (SSSR count). The van der Waals surface area contributed by atoms with Crippen LogP contribution in [0.25, 0.3) is 76.8 Å². The molecule has 0 aliphatic heterocycles. The number of hydrogen-bond acceptors (Lipinski definition) is 2. The summed E-state index contributed by atoms with van der Waals surface area (Å²) in [5, 5.41) is 8.76. The monoisotopic (exact) mass is 1060 g/mol. The first-order valence-electron chi connectivity index (χ1n) is 26.4. The lowest BCUT2D eigenvalue weighted by molar-refractivity contribution is 0.630. The molecule has 382 valence electrons. The Morgan fingerprint density at radius 1 is 0.282 bits per heavy atom. The van der Waals surface area contributed by atoms with E-state index in [-0.39, 0.29) is 23.3 Å². The minimum atomic E-state index is -1.72. The molecule has 2 nitrogen and oxygen atoms in total. The van der Waals surface area contributed by atoms with Gasteiger partial charge in [-0.3, -0.25) is 0 Å². The molecule has 12 aromatic rings. The summed E-state index contributed by atoms with van der Waals surface area (Å²) in [6.45, 7) is 14.0. The van der Waals surface area contributed by atoms with E-state index in [1.165, 1.54) is 34.6 Å². The SMILES string of the molecule is C[Si](C)(C)c1ccc(N(c2cc(-c3ccccc3F)cc(-c3ccccc3F)c2)c2ccc3ccc4c(N(c5ccc([Si](C)(C)C)cc5)c5cc(-c6ccccc6F)cc(-c6ccccc6F)c5)ccc5ccc2c3c54)cc1. The predicted molar refractivity (Wildman–Crippen MR) is 327 cm³/mol. The van der Waals surface area contributed by atoms with Crippen LogP contribution >= 0.6 is 0 Å². The van der Waals surface area contributed by atoms with Gasteiger partial charge in [0.2, 0.25) is 0 Å². The Labute approximate surface area is 455 Å². The highest BCUT2D eigenvalue weighted by molar-refractivity contribution is 6.89. The van der Waals surface area contributed by atoms with E-state index in [1.54, 1.807) is 48.5 Å². The van der Waals surface area contributed by atoms with E-state index >= 15 is 17.6 Å². The molecule has 0 N–H and O–H groups in total. The molecule has 0 radical (unpaired) electrons. The fourth-order valence-corrected chi connectivity index (χ4v) is 13.5. The van der Waals surface area contributed by atoms with Crippen molar-refractivity contribution in [1.82, 2.24) is 0 Å². The number of anilines is 6. The third-order valence-corrected chi connectivity index (χ3v) is 19.3. The summed E-state index contributed by atoms with van der Waals surface area (Å²) < 4.78 is 63.8. The van der Waals surface area contributed by atoms with Crippen molar-refractivity contribution in [3.8, 4) is 44.5 Å². The van der Waals surface area contributed by atoms with Crippen molar-refractivity contribution in [3.05, 3.63) is 254 Å². The molecule has 0 heterocycles. The van der Waals surface area contributed by atoms with Gasteiger partial charge in [-0.1, -0.05) is 183 Å². The second kappa shape index (κ2) is 19.8. The highest BCUT2D eigenvalue weighted by Gasteiger charge is 2.26. The number of benzene rings is 12. The van der Waals surface area contributed by atoms with Crippen LogP contribution in [0.2, 0.25) is 39.3 Å². The number of hydrogen-bond donors (Lipinski definition) is 0. The van der Waals surface area contributed by atoms with Gasteiger partial charge in [0.25, 0.3) is 0 Å². The lowest BCUT2D eigenvalue weighted by atomic mass is 9.91. The van der Waals surface area contributed by atoms with E-state index in [0.717, 1.165) is 66.4 Å². The van der Waals surface area contributed by atoms with Crippen LogP contribution in [0.3, 0.4) is 0 Å². The van der Waals surface area contributed by atoms with Crippen molar-refractivity contribution in [3.63, 3.8) is 0 Å². The molecule has 0 saturated heterocycles. The van der Waals surface area contributed by atoms with E-state index in [9.17, 15) is 0 Å². The van der Waals surface area contributed by atoms with Crippen LogP contribution in [0.1, 0.15) is 0 Å². The van der Waals surface area contributed by atoms with Crippen LogP contribution in [-0.4, -0.2) is 16.1 Å². The van der Waals surface area contributed by atoms with Crippen molar-refractivity contribution in [2.24, 2.45) is 0 Å². The summed E-state index contributed by atoms with van der Waals surface area (Å²) in [4.78, 5) is 4.45. The summed E-state index contributed by atoms with van der Waals surface area (Å²) in [5.74, 6) is -1.49. The van der Waals surface area contributed by atoms with Gasteiger partial charge < -0.3 is 9.80 Å². The second-order valence-electron chi connectivity index (χ2n) is 22.3. The van der Waals surface area contributed by atoms with E-state index in [4.69, 9.17) is 0 Å². The van der Waals surface area contributed by atoms with Gasteiger partial charge in [0.1, 0.15) is 23.3 Å². The van der Waals surface area contributed by atoms with Gasteiger partial charge in [0.15, 0.2) is 0 Å². The van der Waals surface area contributed by atoms with Gasteiger partial charge in [-0.05, 0) is 141 Å². The maximum atomic E-state index is 15.9. The maximum Gasteiger partial charge on any atom is 0.131 e. The molecular weight excluding hydrogens is 1000 g/mol. The highest BCUT2D eigenvalue weighted by Crippen LogP contribution is 2.49. The van der Waals surface area contributed by atoms with Crippen LogP contribution in [-0.2, 0) is 0 Å². The number of halogens is 4. The van der Waals surface area contributed by atoms with Crippen LogP contribution in [0.5, 0.6) is 0 Å². The first-order valence-corrected chi connectivity index (χ1v) is 33.4. The molecule has 78 heavy (non-hydrogen) atoms. The molecule has 8 heteroatoms. The van der Waals surface area contributed by atoms with Crippen molar-refractivity contribution in [1.29, 1.82) is 0 Å². The summed E-state index contributed by atoms with van der Waals surface area (Å²) in [5.41, 5.74) is 9.14. The average molecular weight is 1060 g/mol. The van der Waals surface area contributed by atoms with Gasteiger partial charge in [-0.2, -0.15) is 0 Å². The minimum absolute atomic E-state index is 0.373. The molecule has 0 saturated carbocycles. The van der Waals surface area contributed by atoms with Gasteiger partial charge in [0.05, 0.1) is 27.5 Å². The first kappa shape index (κ1) is 50.3. The number of nitrogens with zero attached hydrogens (tertiary/aromatic N) is 2. The fraction of sp³-hybridized carbons (Fsp3) is 0.0857. The molecule has 0 aliphatic rings. The van der Waals surface area contributed by atoms with Crippen molar-refractivity contribution < 1.29 is 17.6 Å². The van der Waals surface area contributed by atoms with E-state index < -0.39 is 16.1 Å². The molecule has 0 fully saturated rings. The van der Waals surface area contributed by atoms with Gasteiger partial charge >= 0.3 is 0 Å². The van der Waals surface area contributed by atoms with Gasteiger partial charge in [-0.25, -0.2) is 17.6 Å². The maximum absolute atomic E-state index is 15.9. The standard InChI is InChI=1S/C70H56F4N2Si2/c1-77(2,3)55-31-27-51(28-32-55)75(53-41-47(57-15-7-11-19-63(57)71)39-48(42-53)58-16-8-12-20-64(58)72)67-37-25-45-24-36-62-68(38-26-46-23-35-61(67)69(45)70(46)62)76(52-29-33-56(34-30-52)78(4,5)6)54-43-49(59-17-9-13-21-65(59)73)40-50(44-54)60-18-10-14-22-66(60)74/h7-44H,1-6H3. The fourth-order valence-electron chi connectivity index (χ4n) is 11.1. The Balaban J connectivity index is 1.12. The summed E-state index contributed by atoms with van der Waals surface area (Å²) >= 11 is 0. The molecule has 0 atom stereocenters. The topological polar surface area (TPSA) is 6.48 Å². The third-order valence-electron chi connectivity index (χ3n) is 15.2. The van der Waals surface area contributed by atoms with E-state index in [0.29, 0.717) is 44.5 Å². The summed E-state index contributed by atoms with van der Waals surface area (Å²) in [6.07, 6.45) is 0. The zero-order valence-electron chi connectivity index (χ0n) is 44.3. The molecule has 0 unspecified atom stereocenters. The molecule has 0 bridgehead atoms. The summed E-state index contributed by atoms with van der Waals surface area (Å²) in [6, 6.07) is 73.5. The van der Waals surface area contributed by atoms with Gasteiger partial charge in [0, 0.05) is 55.8 Å². The third kappa shape index (κ3) is 9.24. The van der Waals surface area contributed by atoms with E-state index in [2.05, 4.69) is 146 Å². The van der Waals surface area contributed by atoms with Crippen molar-refractivity contribution >= 4 is 93.0 Å². The first-order chi connectivity index (χ1) is 37.6. The molecule has 0 spiro atoms. The van der Waals surface area contributed by atoms with Crippen molar-refractivity contribution in [2.75, 3.05) is 9.80 Å². The normalized spacial score (nSPS) is 12.0. The molecule has 0 aromatic heterocycles. The van der Waals surface area contributed by atoms with Crippen LogP contribution < -0.4 is 20.2 Å². The molecule has 0 aliphatic carbocycles. The Morgan fingerprint density at radius 2 is 0.564 bits per heavy atom. The molecular formula is C70H56F4N2Si2. The minimum Gasteiger partial charge on any atom is -0.310 e. The zero-order valence-corrected chi connectivity index (χ0v) is 46.3. The highest BCUT2D eigenvalue weighted by atomic mass is 28.3. The lowest BCUT2D eigenvalue weighted by Crippen LogP contribution is -2.37. The zero-order chi connectivity index (χ0) is 54.0. The van der Waals surface area contributed by atoms with Crippen LogP contribution in [0.4, 0.5) is 51.7 Å². The van der Waals surface area contributed by atoms with Crippen molar-refractivity contribution in [2.45, 2.75) is 39.3 Å². The Bertz CT molecular complexity index is 3830. The predicted octanol–water partition coefficient (Wildman–Crippen LogP) is 19.8. The largest absolute Gasteiger partial charge is 0.310 e. The Morgan fingerprint density at radius 3 is 0.846 bits per heavy atom. The van der Waals surface area contributed by atoms with Crippen LogP contribution in [0, 0.1) is 23.3 Å². The average Bonchev–Trinajstić information content (AvgIpc) is 3.63.